The Kier molecular flexibility index (Phi) is 7.86. The van der Waals surface area contributed by atoms with Gasteiger partial charge in [0, 0.05) is 12.8 Å². The largest absolute Gasteiger partial charge is 0.162 e. The summed E-state index contributed by atoms with van der Waals surface area (Å²) in [7, 11) is -1.54. The third-order valence-corrected chi connectivity index (χ3v) is 6.01. The summed E-state index contributed by atoms with van der Waals surface area (Å²) in [5.74, 6) is 9.47. The van der Waals surface area contributed by atoms with Crippen molar-refractivity contribution in [3.05, 3.63) is 30.3 Å². The van der Waals surface area contributed by atoms with E-state index in [1.807, 2.05) is 6.92 Å². The Morgan fingerprint density at radius 3 is 2.05 bits per heavy atom. The molecule has 0 saturated carbocycles. The van der Waals surface area contributed by atoms with Gasteiger partial charge in [0.05, 0.1) is 0 Å². The highest BCUT2D eigenvalue weighted by Crippen LogP contribution is 2.05. The number of hydrogen-bond donors (Lipinski definition) is 0. The zero-order chi connectivity index (χ0) is 14.7. The van der Waals surface area contributed by atoms with E-state index in [4.69, 9.17) is 0 Å². The SMILES string of the molecule is CC#CCCCCCCC#C[Si](C)(C)c1ccccc1. The minimum Gasteiger partial charge on any atom is -0.126 e. The average Bonchev–Trinajstić information content (AvgIpc) is 2.46. The molecular weight excluding hydrogens is 256 g/mol. The van der Waals surface area contributed by atoms with Crippen LogP contribution in [0.3, 0.4) is 0 Å². The van der Waals surface area contributed by atoms with Crippen LogP contribution in [0.25, 0.3) is 0 Å². The van der Waals surface area contributed by atoms with E-state index in [1.165, 1.54) is 30.9 Å². The van der Waals surface area contributed by atoms with Gasteiger partial charge < -0.3 is 0 Å². The minimum absolute atomic E-state index is 1.04. The maximum Gasteiger partial charge on any atom is 0.162 e. The monoisotopic (exact) mass is 282 g/mol. The maximum absolute atomic E-state index is 3.55. The molecule has 1 heteroatoms. The molecule has 0 N–H and O–H groups in total. The van der Waals surface area contributed by atoms with Crippen LogP contribution < -0.4 is 5.19 Å². The van der Waals surface area contributed by atoms with E-state index in [1.54, 1.807) is 0 Å². The van der Waals surface area contributed by atoms with E-state index in [0.717, 1.165) is 12.8 Å². The number of rotatable bonds is 6. The van der Waals surface area contributed by atoms with Gasteiger partial charge in [-0.3, -0.25) is 0 Å². The zero-order valence-corrected chi connectivity index (χ0v) is 14.1. The fourth-order valence-corrected chi connectivity index (χ4v) is 3.85. The summed E-state index contributed by atoms with van der Waals surface area (Å²) in [5, 5.41) is 1.44. The summed E-state index contributed by atoms with van der Waals surface area (Å²) < 4.78 is 0. The lowest BCUT2D eigenvalue weighted by molar-refractivity contribution is 0.661. The van der Waals surface area contributed by atoms with Gasteiger partial charge in [-0.25, -0.2) is 0 Å². The molecule has 0 amide bonds. The average molecular weight is 283 g/mol. The van der Waals surface area contributed by atoms with Gasteiger partial charge in [0.15, 0.2) is 8.07 Å². The van der Waals surface area contributed by atoms with Gasteiger partial charge in [0.2, 0.25) is 0 Å². The van der Waals surface area contributed by atoms with Crippen LogP contribution >= 0.6 is 0 Å². The maximum atomic E-state index is 3.55. The lowest BCUT2D eigenvalue weighted by Crippen LogP contribution is -2.39. The third-order valence-electron chi connectivity index (χ3n) is 3.43. The van der Waals surface area contributed by atoms with E-state index >= 15 is 0 Å². The first-order valence-electron chi connectivity index (χ1n) is 7.62. The Labute approximate surface area is 126 Å². The highest BCUT2D eigenvalue weighted by molar-refractivity contribution is 6.96. The quantitative estimate of drug-likeness (QED) is 0.409. The molecule has 20 heavy (non-hydrogen) atoms. The van der Waals surface area contributed by atoms with Crippen molar-refractivity contribution in [1.82, 2.24) is 0 Å². The number of unbranched alkanes of at least 4 members (excludes halogenated alkanes) is 5. The van der Waals surface area contributed by atoms with Crippen molar-refractivity contribution in [2.75, 3.05) is 0 Å². The normalized spacial score (nSPS) is 10.2. The standard InChI is InChI=1S/C19H26Si/c1-4-5-6-7-8-9-10-11-15-18-20(2,3)19-16-13-12-14-17-19/h12-14,16-17H,6-11H2,1-3H3. The van der Waals surface area contributed by atoms with E-state index in [2.05, 4.69) is 66.7 Å². The summed E-state index contributed by atoms with van der Waals surface area (Å²) in [4.78, 5) is 0. The molecule has 0 aliphatic carbocycles. The Hall–Kier alpha value is -1.44. The summed E-state index contributed by atoms with van der Waals surface area (Å²) in [5.41, 5.74) is 3.55. The van der Waals surface area contributed by atoms with Crippen molar-refractivity contribution in [2.24, 2.45) is 0 Å². The highest BCUT2D eigenvalue weighted by Gasteiger charge is 2.19. The Morgan fingerprint density at radius 1 is 0.850 bits per heavy atom. The van der Waals surface area contributed by atoms with Crippen LogP contribution in [0.2, 0.25) is 13.1 Å². The molecular formula is C19H26Si. The van der Waals surface area contributed by atoms with Crippen LogP contribution in [0.1, 0.15) is 45.4 Å². The van der Waals surface area contributed by atoms with Gasteiger partial charge in [-0.15, -0.1) is 23.3 Å². The van der Waals surface area contributed by atoms with E-state index in [9.17, 15) is 0 Å². The van der Waals surface area contributed by atoms with Crippen LogP contribution in [-0.2, 0) is 0 Å². The van der Waals surface area contributed by atoms with Crippen molar-refractivity contribution in [2.45, 2.75) is 58.5 Å². The molecule has 0 aliphatic heterocycles. The molecule has 1 rings (SSSR count). The molecule has 0 aromatic heterocycles. The van der Waals surface area contributed by atoms with Gasteiger partial charge in [0.25, 0.3) is 0 Å². The molecule has 0 spiro atoms. The second-order valence-electron chi connectivity index (χ2n) is 5.63. The third kappa shape index (κ3) is 6.64. The van der Waals surface area contributed by atoms with Crippen LogP contribution in [-0.4, -0.2) is 8.07 Å². The second-order valence-corrected chi connectivity index (χ2v) is 9.71. The molecule has 1 aromatic carbocycles. The summed E-state index contributed by atoms with van der Waals surface area (Å²) in [6.45, 7) is 6.57. The smallest absolute Gasteiger partial charge is 0.126 e. The molecule has 1 aromatic rings. The Morgan fingerprint density at radius 2 is 1.45 bits per heavy atom. The molecule has 0 radical (unpaired) electrons. The molecule has 0 fully saturated rings. The summed E-state index contributed by atoms with van der Waals surface area (Å²) >= 11 is 0. The molecule has 0 atom stereocenters. The van der Waals surface area contributed by atoms with Gasteiger partial charge in [-0.1, -0.05) is 56.3 Å². The van der Waals surface area contributed by atoms with Crippen molar-refractivity contribution < 1.29 is 0 Å². The number of hydrogen-bond acceptors (Lipinski definition) is 0. The molecule has 0 aliphatic rings. The first-order valence-corrected chi connectivity index (χ1v) is 10.6. The van der Waals surface area contributed by atoms with Gasteiger partial charge in [-0.2, -0.15) is 0 Å². The second kappa shape index (κ2) is 9.46. The van der Waals surface area contributed by atoms with E-state index in [-0.39, 0.29) is 0 Å². The number of benzene rings is 1. The molecule has 106 valence electrons. The molecule has 0 saturated heterocycles. The van der Waals surface area contributed by atoms with Crippen molar-refractivity contribution in [1.29, 1.82) is 0 Å². The Bertz CT molecular complexity index is 491. The van der Waals surface area contributed by atoms with E-state index < -0.39 is 8.07 Å². The summed E-state index contributed by atoms with van der Waals surface area (Å²) in [6.07, 6.45) is 7.13. The predicted octanol–water partition coefficient (Wildman–Crippen LogP) is 4.51. The minimum atomic E-state index is -1.54. The fraction of sp³-hybridized carbons (Fsp3) is 0.474. The first-order chi connectivity index (χ1) is 9.67. The van der Waals surface area contributed by atoms with Crippen LogP contribution in [0.15, 0.2) is 30.3 Å². The Balaban J connectivity index is 2.26. The molecule has 0 heterocycles. The van der Waals surface area contributed by atoms with Crippen molar-refractivity contribution in [3.8, 4) is 23.3 Å². The fourth-order valence-electron chi connectivity index (χ4n) is 2.12. The molecule has 0 unspecified atom stereocenters. The van der Waals surface area contributed by atoms with Gasteiger partial charge >= 0.3 is 0 Å². The predicted molar refractivity (Wildman–Crippen MR) is 92.5 cm³/mol. The van der Waals surface area contributed by atoms with Crippen LogP contribution in [0.5, 0.6) is 0 Å². The van der Waals surface area contributed by atoms with Crippen LogP contribution in [0, 0.1) is 23.3 Å². The van der Waals surface area contributed by atoms with Gasteiger partial charge in [-0.05, 0) is 25.0 Å². The topological polar surface area (TPSA) is 0 Å². The van der Waals surface area contributed by atoms with Crippen molar-refractivity contribution >= 4 is 13.3 Å². The lowest BCUT2D eigenvalue weighted by atomic mass is 10.1. The molecule has 0 bridgehead atoms. The van der Waals surface area contributed by atoms with Crippen molar-refractivity contribution in [3.63, 3.8) is 0 Å². The molecule has 0 nitrogen and oxygen atoms in total. The zero-order valence-electron chi connectivity index (χ0n) is 13.1. The van der Waals surface area contributed by atoms with E-state index in [0.29, 0.717) is 0 Å². The first kappa shape index (κ1) is 16.6. The van der Waals surface area contributed by atoms with Gasteiger partial charge in [0.1, 0.15) is 0 Å². The van der Waals surface area contributed by atoms with Crippen LogP contribution in [0.4, 0.5) is 0 Å². The highest BCUT2D eigenvalue weighted by atomic mass is 28.3. The summed E-state index contributed by atoms with van der Waals surface area (Å²) in [6, 6.07) is 10.7. The lowest BCUT2D eigenvalue weighted by Gasteiger charge is -2.14.